The molecule has 9 atom stereocenters. The lowest BCUT2D eigenvalue weighted by atomic mass is 9.33. The third kappa shape index (κ3) is 1.70. The van der Waals surface area contributed by atoms with Crippen molar-refractivity contribution in [2.45, 2.75) is 59.0 Å². The maximum Gasteiger partial charge on any atom is 0.309 e. The minimum atomic E-state index is -5.30. The summed E-state index contributed by atoms with van der Waals surface area (Å²) in [4.78, 5) is 0. The zero-order valence-corrected chi connectivity index (χ0v) is 13.7. The van der Waals surface area contributed by atoms with Crippen LogP contribution in [0.1, 0.15) is 6.92 Å². The minimum absolute atomic E-state index is 0.0704. The van der Waals surface area contributed by atoms with Gasteiger partial charge in [-0.3, -0.25) is 4.39 Å². The third-order valence-corrected chi connectivity index (χ3v) is 6.27. The van der Waals surface area contributed by atoms with Crippen molar-refractivity contribution in [2.24, 2.45) is 5.92 Å². The standard InChI is InChI=1S/C11H15B4F9/c1-6(18)4(16)2(12)3-7(13,19)5(17)9(21,22)11(15,24)8(3,20)10(6,14)23/h2-5H,12-15H2,1H3. The molecule has 2 aliphatic rings. The molecule has 0 bridgehead atoms. The summed E-state index contributed by atoms with van der Waals surface area (Å²) in [7, 11) is 0.850. The van der Waals surface area contributed by atoms with E-state index in [0.717, 1.165) is 7.85 Å². The van der Waals surface area contributed by atoms with Gasteiger partial charge in [0.1, 0.15) is 25.2 Å². The molecule has 0 aromatic rings. The van der Waals surface area contributed by atoms with Crippen molar-refractivity contribution >= 4 is 31.4 Å². The van der Waals surface area contributed by atoms with Crippen molar-refractivity contribution < 1.29 is 39.5 Å². The van der Waals surface area contributed by atoms with Gasteiger partial charge in [-0.1, -0.05) is 0 Å². The fraction of sp³-hybridized carbons (Fsp3) is 1.00. The Morgan fingerprint density at radius 2 is 1.21 bits per heavy atom. The molecule has 9 unspecified atom stereocenters. The van der Waals surface area contributed by atoms with Gasteiger partial charge >= 0.3 is 5.92 Å². The van der Waals surface area contributed by atoms with E-state index >= 15 is 8.78 Å². The van der Waals surface area contributed by atoms with E-state index in [1.165, 1.54) is 0 Å². The van der Waals surface area contributed by atoms with Crippen LogP contribution in [0, 0.1) is 5.92 Å². The highest BCUT2D eigenvalue weighted by Gasteiger charge is 2.89. The number of alkyl halides is 9. The zero-order valence-electron chi connectivity index (χ0n) is 13.7. The first-order valence-electron chi connectivity index (χ1n) is 7.45. The molecule has 0 aromatic heterocycles. The van der Waals surface area contributed by atoms with Crippen molar-refractivity contribution in [2.75, 3.05) is 0 Å². The Bertz CT molecular complexity index is 542. The van der Waals surface area contributed by atoms with Crippen molar-refractivity contribution in [3.05, 3.63) is 0 Å². The maximum absolute atomic E-state index is 15.6. The molecule has 24 heavy (non-hydrogen) atoms. The van der Waals surface area contributed by atoms with Crippen molar-refractivity contribution in [3.8, 4) is 0 Å². The van der Waals surface area contributed by atoms with Crippen LogP contribution in [0.2, 0.25) is 5.82 Å². The molecule has 0 aliphatic heterocycles. The second-order valence-electron chi connectivity index (χ2n) is 7.67. The summed E-state index contributed by atoms with van der Waals surface area (Å²) in [5, 5.41) is 0. The van der Waals surface area contributed by atoms with Gasteiger partial charge in [0.05, 0.1) is 0 Å². The molecular formula is C11H15B4F9. The normalized spacial score (nSPS) is 63.6. The summed E-state index contributed by atoms with van der Waals surface area (Å²) in [6.07, 6.45) is -6.71. The average molecular weight is 361 g/mol. The second-order valence-corrected chi connectivity index (χ2v) is 7.67. The number of rotatable bonds is 0. The fourth-order valence-electron chi connectivity index (χ4n) is 4.56. The maximum atomic E-state index is 15.6. The molecule has 0 radical (unpaired) electrons. The highest BCUT2D eigenvalue weighted by atomic mass is 19.3. The highest BCUT2D eigenvalue weighted by Crippen LogP contribution is 2.69. The summed E-state index contributed by atoms with van der Waals surface area (Å²) in [6, 6.07) is 0. The number of halogens is 9. The molecular weight excluding hydrogens is 346 g/mol. The molecule has 0 heterocycles. The van der Waals surface area contributed by atoms with Crippen LogP contribution >= 0.6 is 0 Å². The molecule has 0 saturated heterocycles. The van der Waals surface area contributed by atoms with E-state index in [4.69, 9.17) is 0 Å². The van der Waals surface area contributed by atoms with Gasteiger partial charge in [-0.05, 0) is 12.7 Å². The van der Waals surface area contributed by atoms with Crippen LogP contribution in [0.4, 0.5) is 39.5 Å². The van der Waals surface area contributed by atoms with Crippen LogP contribution in [0.3, 0.4) is 0 Å². The van der Waals surface area contributed by atoms with Gasteiger partial charge in [-0.25, -0.2) is 35.1 Å². The Hall–Kier alpha value is -0.370. The van der Waals surface area contributed by atoms with Crippen LogP contribution in [-0.4, -0.2) is 77.7 Å². The molecule has 2 saturated carbocycles. The van der Waals surface area contributed by atoms with E-state index in [-0.39, 0.29) is 30.5 Å². The highest BCUT2D eigenvalue weighted by molar-refractivity contribution is 6.24. The zero-order chi connectivity index (χ0) is 19.3. The van der Waals surface area contributed by atoms with E-state index in [9.17, 15) is 30.7 Å². The van der Waals surface area contributed by atoms with E-state index in [0.29, 0.717) is 0 Å². The molecule has 134 valence electrons. The summed E-state index contributed by atoms with van der Waals surface area (Å²) in [5.41, 5.74) is -20.9. The van der Waals surface area contributed by atoms with Crippen LogP contribution in [0.5, 0.6) is 0 Å². The predicted octanol–water partition coefficient (Wildman–Crippen LogP) is -0.304. The molecule has 0 nitrogen and oxygen atoms in total. The van der Waals surface area contributed by atoms with Gasteiger partial charge in [0, 0.05) is 5.92 Å². The Balaban J connectivity index is 2.90. The first kappa shape index (κ1) is 19.9. The Morgan fingerprint density at radius 3 is 1.62 bits per heavy atom. The van der Waals surface area contributed by atoms with Crippen LogP contribution in [0.15, 0.2) is 0 Å². The number of hydrogen-bond donors (Lipinski definition) is 0. The third-order valence-electron chi connectivity index (χ3n) is 6.27. The number of hydrogen-bond acceptors (Lipinski definition) is 0. The Kier molecular flexibility index (Phi) is 3.88. The van der Waals surface area contributed by atoms with Gasteiger partial charge in [0.15, 0.2) is 46.6 Å². The summed E-state index contributed by atoms with van der Waals surface area (Å²) in [5.74, 6) is -10.2. The van der Waals surface area contributed by atoms with E-state index in [1.807, 2.05) is 0 Å². The lowest BCUT2D eigenvalue weighted by Gasteiger charge is -2.66. The lowest BCUT2D eigenvalue weighted by molar-refractivity contribution is -0.320. The minimum Gasteiger partial charge on any atom is -0.250 e. The second kappa shape index (κ2) is 4.67. The van der Waals surface area contributed by atoms with Crippen LogP contribution in [0.25, 0.3) is 0 Å². The number of fused-ring (bicyclic) bond motifs is 1. The van der Waals surface area contributed by atoms with E-state index in [1.54, 1.807) is 0 Å². The SMILES string of the molecule is BC1C(F)C(C)(F)C(B)(F)C2(F)C1C(B)(F)C(F)C(F)(F)C2(B)F. The summed E-state index contributed by atoms with van der Waals surface area (Å²) >= 11 is 0. The molecule has 0 aromatic carbocycles. The van der Waals surface area contributed by atoms with Gasteiger partial charge in [-0.2, -0.15) is 0 Å². The van der Waals surface area contributed by atoms with Gasteiger partial charge < -0.3 is 0 Å². The average Bonchev–Trinajstić information content (AvgIpc) is 2.41. The molecule has 0 spiro atoms. The largest absolute Gasteiger partial charge is 0.309 e. The molecule has 0 amide bonds. The molecule has 2 rings (SSSR count). The van der Waals surface area contributed by atoms with Crippen molar-refractivity contribution in [1.82, 2.24) is 0 Å². The Morgan fingerprint density at radius 1 is 0.792 bits per heavy atom. The van der Waals surface area contributed by atoms with Gasteiger partial charge in [-0.15, -0.1) is 0 Å². The first-order chi connectivity index (χ1) is 10.3. The predicted molar refractivity (Wildman–Crippen MR) is 81.0 cm³/mol. The van der Waals surface area contributed by atoms with Crippen molar-refractivity contribution in [1.29, 1.82) is 0 Å². The Labute approximate surface area is 136 Å². The van der Waals surface area contributed by atoms with E-state index in [2.05, 4.69) is 0 Å². The summed E-state index contributed by atoms with van der Waals surface area (Å²) < 4.78 is 131. The monoisotopic (exact) mass is 362 g/mol. The quantitative estimate of drug-likeness (QED) is 0.410. The first-order valence-corrected chi connectivity index (χ1v) is 7.45. The van der Waals surface area contributed by atoms with Gasteiger partial charge in [0.2, 0.25) is 0 Å². The van der Waals surface area contributed by atoms with E-state index < -0.39 is 58.0 Å². The molecule has 13 heteroatoms. The molecule has 0 N–H and O–H groups in total. The molecule has 2 aliphatic carbocycles. The lowest BCUT2D eigenvalue weighted by Crippen LogP contribution is -2.88. The van der Waals surface area contributed by atoms with Crippen LogP contribution < -0.4 is 0 Å². The molecule has 2 fully saturated rings. The summed E-state index contributed by atoms with van der Waals surface area (Å²) in [6.45, 7) is 0.261. The topological polar surface area (TPSA) is 0 Å². The van der Waals surface area contributed by atoms with Gasteiger partial charge in [0.25, 0.3) is 0 Å². The smallest absolute Gasteiger partial charge is 0.250 e. The van der Waals surface area contributed by atoms with Crippen LogP contribution in [-0.2, 0) is 0 Å². The van der Waals surface area contributed by atoms with Crippen molar-refractivity contribution in [3.63, 3.8) is 0 Å². The fourth-order valence-corrected chi connectivity index (χ4v) is 4.56.